The number of nitrogens with one attached hydrogen (secondary N) is 1. The molecule has 1 amide bonds. The highest BCUT2D eigenvalue weighted by atomic mass is 79.9. The number of nitrogens with zero attached hydrogens (tertiary/aromatic N) is 3. The van der Waals surface area contributed by atoms with E-state index in [9.17, 15) is 4.79 Å². The van der Waals surface area contributed by atoms with E-state index in [1.165, 1.54) is 0 Å². The largest absolute Gasteiger partial charge is 0.358 e. The molecule has 1 aromatic heterocycles. The Hall–Kier alpha value is -0.880. The van der Waals surface area contributed by atoms with Crippen molar-refractivity contribution in [2.24, 2.45) is 0 Å². The maximum atomic E-state index is 11.1. The predicted molar refractivity (Wildman–Crippen MR) is 62.1 cm³/mol. The first kappa shape index (κ1) is 12.2. The molecule has 1 heterocycles. The van der Waals surface area contributed by atoms with E-state index in [2.05, 4.69) is 31.2 Å². The van der Waals surface area contributed by atoms with Crippen LogP contribution in [0, 0.1) is 0 Å². The number of carbonyl (C=O) groups is 1. The molecule has 1 aromatic rings. The fourth-order valence-electron chi connectivity index (χ4n) is 0.974. The average Bonchev–Trinajstić information content (AvgIpc) is 2.21. The minimum atomic E-state index is -0.0980. The molecule has 0 spiro atoms. The van der Waals surface area contributed by atoms with E-state index in [1.807, 2.05) is 0 Å². The maximum Gasteiger partial charge on any atom is 0.239 e. The second kappa shape index (κ2) is 5.27. The van der Waals surface area contributed by atoms with Crippen molar-refractivity contribution in [1.29, 1.82) is 0 Å². The summed E-state index contributed by atoms with van der Waals surface area (Å²) in [5.74, 6) is 0.484. The molecule has 15 heavy (non-hydrogen) atoms. The van der Waals surface area contributed by atoms with Crippen LogP contribution in [0.25, 0.3) is 0 Å². The van der Waals surface area contributed by atoms with Gasteiger partial charge in [-0.2, -0.15) is 4.98 Å². The van der Waals surface area contributed by atoms with Crippen LogP contribution in [0.1, 0.15) is 0 Å². The van der Waals surface area contributed by atoms with Crippen molar-refractivity contribution in [1.82, 2.24) is 15.3 Å². The van der Waals surface area contributed by atoms with Crippen LogP contribution < -0.4 is 10.2 Å². The molecule has 0 radical (unpaired) electrons. The summed E-state index contributed by atoms with van der Waals surface area (Å²) in [6.45, 7) is 0.211. The third-order valence-corrected chi connectivity index (χ3v) is 2.46. The van der Waals surface area contributed by atoms with Crippen LogP contribution in [0.15, 0.2) is 10.7 Å². The Bertz CT molecular complexity index is 374. The summed E-state index contributed by atoms with van der Waals surface area (Å²) >= 11 is 8.95. The predicted octanol–water partition coefficient (Wildman–Crippen LogP) is 1.07. The summed E-state index contributed by atoms with van der Waals surface area (Å²) in [5.41, 5.74) is 0. The van der Waals surface area contributed by atoms with Gasteiger partial charge >= 0.3 is 0 Å². The summed E-state index contributed by atoms with van der Waals surface area (Å²) in [7, 11) is 3.33. The Morgan fingerprint density at radius 1 is 1.73 bits per heavy atom. The van der Waals surface area contributed by atoms with Crippen molar-refractivity contribution in [3.63, 3.8) is 0 Å². The average molecular weight is 294 g/mol. The molecule has 0 saturated heterocycles. The van der Waals surface area contributed by atoms with E-state index in [-0.39, 0.29) is 17.7 Å². The van der Waals surface area contributed by atoms with Crippen molar-refractivity contribution in [3.8, 4) is 0 Å². The second-order valence-corrected chi connectivity index (χ2v) is 4.03. The minimum Gasteiger partial charge on any atom is -0.358 e. The first-order chi connectivity index (χ1) is 7.04. The van der Waals surface area contributed by atoms with Gasteiger partial charge in [0.15, 0.2) is 0 Å². The maximum absolute atomic E-state index is 11.1. The number of aromatic nitrogens is 2. The van der Waals surface area contributed by atoms with Gasteiger partial charge in [-0.15, -0.1) is 0 Å². The van der Waals surface area contributed by atoms with Crippen molar-refractivity contribution >= 4 is 39.3 Å². The van der Waals surface area contributed by atoms with Gasteiger partial charge in [0.1, 0.15) is 5.82 Å². The van der Waals surface area contributed by atoms with E-state index >= 15 is 0 Å². The smallest absolute Gasteiger partial charge is 0.239 e. The molecular formula is C8H10BrClN4O. The van der Waals surface area contributed by atoms with Crippen LogP contribution in [-0.4, -0.2) is 36.5 Å². The first-order valence-corrected chi connectivity index (χ1v) is 5.31. The quantitative estimate of drug-likeness (QED) is 0.847. The van der Waals surface area contributed by atoms with E-state index in [0.717, 1.165) is 0 Å². The van der Waals surface area contributed by atoms with Crippen molar-refractivity contribution in [2.45, 2.75) is 0 Å². The van der Waals surface area contributed by atoms with Crippen LogP contribution in [-0.2, 0) is 4.79 Å². The number of hydrogen-bond donors (Lipinski definition) is 1. The molecule has 7 heteroatoms. The van der Waals surface area contributed by atoms with Gasteiger partial charge in [-0.05, 0) is 27.5 Å². The summed E-state index contributed by atoms with van der Waals surface area (Å²) in [4.78, 5) is 20.6. The number of carbonyl (C=O) groups excluding carboxylic acids is 1. The molecule has 0 unspecified atom stereocenters. The Balaban J connectivity index is 2.85. The number of rotatable bonds is 3. The summed E-state index contributed by atoms with van der Waals surface area (Å²) < 4.78 is 0.693. The van der Waals surface area contributed by atoms with Crippen LogP contribution in [0.4, 0.5) is 5.82 Å². The van der Waals surface area contributed by atoms with Crippen molar-refractivity contribution in [3.05, 3.63) is 16.0 Å². The van der Waals surface area contributed by atoms with Gasteiger partial charge < -0.3 is 10.2 Å². The van der Waals surface area contributed by atoms with E-state index in [4.69, 9.17) is 11.6 Å². The molecule has 0 saturated carbocycles. The third kappa shape index (κ3) is 3.32. The Kier molecular flexibility index (Phi) is 4.28. The SMILES string of the molecule is CNC(=O)CN(C)c1nc(Cl)ncc1Br. The molecule has 0 fully saturated rings. The zero-order valence-electron chi connectivity index (χ0n) is 8.29. The lowest BCUT2D eigenvalue weighted by molar-refractivity contribution is -0.119. The lowest BCUT2D eigenvalue weighted by Crippen LogP contribution is -2.33. The highest BCUT2D eigenvalue weighted by Crippen LogP contribution is 2.22. The zero-order valence-corrected chi connectivity index (χ0v) is 10.6. The Morgan fingerprint density at radius 3 is 3.00 bits per heavy atom. The molecule has 0 aliphatic rings. The minimum absolute atomic E-state index is 0.0980. The Morgan fingerprint density at radius 2 is 2.40 bits per heavy atom. The Labute approximate surface area is 101 Å². The first-order valence-electron chi connectivity index (χ1n) is 4.14. The van der Waals surface area contributed by atoms with Crippen molar-refractivity contribution in [2.75, 3.05) is 25.5 Å². The lowest BCUT2D eigenvalue weighted by Gasteiger charge is -2.17. The van der Waals surface area contributed by atoms with Crippen LogP contribution in [0.3, 0.4) is 0 Å². The molecule has 0 bridgehead atoms. The zero-order chi connectivity index (χ0) is 11.4. The molecule has 0 aliphatic heterocycles. The van der Waals surface area contributed by atoms with Crippen LogP contribution in [0.2, 0.25) is 5.28 Å². The monoisotopic (exact) mass is 292 g/mol. The fraction of sp³-hybridized carbons (Fsp3) is 0.375. The molecular weight excluding hydrogens is 283 g/mol. The number of anilines is 1. The highest BCUT2D eigenvalue weighted by Gasteiger charge is 2.11. The van der Waals surface area contributed by atoms with Gasteiger partial charge in [0, 0.05) is 20.3 Å². The number of amides is 1. The molecule has 0 atom stereocenters. The second-order valence-electron chi connectivity index (χ2n) is 2.84. The number of hydrogen-bond acceptors (Lipinski definition) is 4. The molecule has 1 rings (SSSR count). The summed E-state index contributed by atoms with van der Waals surface area (Å²) in [6, 6.07) is 0. The summed E-state index contributed by atoms with van der Waals surface area (Å²) in [5, 5.41) is 2.68. The van der Waals surface area contributed by atoms with E-state index < -0.39 is 0 Å². The molecule has 5 nitrogen and oxygen atoms in total. The van der Waals surface area contributed by atoms with Gasteiger partial charge in [-0.1, -0.05) is 0 Å². The normalized spacial score (nSPS) is 9.87. The fourth-order valence-corrected chi connectivity index (χ4v) is 1.60. The standard InChI is InChI=1S/C8H10BrClN4O/c1-11-6(15)4-14(2)7-5(9)3-12-8(10)13-7/h3H,4H2,1-2H3,(H,11,15). The van der Waals surface area contributed by atoms with Crippen molar-refractivity contribution < 1.29 is 4.79 Å². The highest BCUT2D eigenvalue weighted by molar-refractivity contribution is 9.10. The van der Waals surface area contributed by atoms with Gasteiger partial charge in [-0.3, -0.25) is 4.79 Å². The topological polar surface area (TPSA) is 58.1 Å². The lowest BCUT2D eigenvalue weighted by atomic mass is 10.4. The molecule has 0 aromatic carbocycles. The summed E-state index contributed by atoms with van der Waals surface area (Å²) in [6.07, 6.45) is 1.55. The number of likely N-dealkylation sites (N-methyl/N-ethyl adjacent to an activating group) is 2. The van der Waals surface area contributed by atoms with Crippen LogP contribution >= 0.6 is 27.5 Å². The van der Waals surface area contributed by atoms with E-state index in [1.54, 1.807) is 25.2 Å². The molecule has 1 N–H and O–H groups in total. The number of halogens is 2. The van der Waals surface area contributed by atoms with Gasteiger partial charge in [-0.25, -0.2) is 4.98 Å². The van der Waals surface area contributed by atoms with Gasteiger partial charge in [0.05, 0.1) is 11.0 Å². The third-order valence-electron chi connectivity index (χ3n) is 1.72. The van der Waals surface area contributed by atoms with E-state index in [0.29, 0.717) is 10.3 Å². The molecule has 0 aliphatic carbocycles. The van der Waals surface area contributed by atoms with Crippen LogP contribution in [0.5, 0.6) is 0 Å². The van der Waals surface area contributed by atoms with Gasteiger partial charge in [0.2, 0.25) is 11.2 Å². The van der Waals surface area contributed by atoms with Gasteiger partial charge in [0.25, 0.3) is 0 Å². The molecule has 82 valence electrons.